The smallest absolute Gasteiger partial charge is 1.00 e. The van der Waals surface area contributed by atoms with Crippen molar-refractivity contribution in [2.45, 2.75) is 47.0 Å². The SMILES string of the molecule is Cc1[c-][nH]c2ccccc12.Cc1c(C)c2[c-](c1C)C(C)C2.[Cl-].[Cl-].[Zr+4]. The van der Waals surface area contributed by atoms with Crippen molar-refractivity contribution in [3.05, 3.63) is 63.8 Å². The summed E-state index contributed by atoms with van der Waals surface area (Å²) < 4.78 is 0. The van der Waals surface area contributed by atoms with Gasteiger partial charge in [0.25, 0.3) is 0 Å². The second kappa shape index (κ2) is 9.32. The van der Waals surface area contributed by atoms with Gasteiger partial charge in [-0.1, -0.05) is 59.1 Å². The Balaban J connectivity index is 0.000000393. The van der Waals surface area contributed by atoms with Crippen LogP contribution >= 0.6 is 0 Å². The molecule has 1 nitrogen and oxygen atoms in total. The predicted molar refractivity (Wildman–Crippen MR) is 90.2 cm³/mol. The van der Waals surface area contributed by atoms with E-state index in [1.54, 1.807) is 22.3 Å². The van der Waals surface area contributed by atoms with Crippen molar-refractivity contribution >= 4 is 10.9 Å². The minimum Gasteiger partial charge on any atom is -1.00 e. The van der Waals surface area contributed by atoms with Crippen LogP contribution in [-0.2, 0) is 32.6 Å². The molecule has 3 aromatic rings. The first kappa shape index (κ1) is 23.6. The van der Waals surface area contributed by atoms with Crippen molar-refractivity contribution in [2.75, 3.05) is 0 Å². The standard InChI is InChI=1S/C11H15.C9H8N.2ClH.Zr/c1-6-5-10-8(3)7(2)9(4)11(6)10;1-7-6-10-9-5-3-2-4-8(7)9;;;/h6H,5H2,1-4H3;2-5,10H,1H3;2*1H;/q2*-1;;;+4/p-2. The second-order valence-corrected chi connectivity index (χ2v) is 6.29. The minimum atomic E-state index is 0. The number of hydrogen-bond donors (Lipinski definition) is 1. The number of rotatable bonds is 0. The summed E-state index contributed by atoms with van der Waals surface area (Å²) in [5, 5.41) is 1.27. The molecular formula is C20H23Cl2NZr. The van der Waals surface area contributed by atoms with E-state index < -0.39 is 0 Å². The molecule has 1 aromatic heterocycles. The van der Waals surface area contributed by atoms with Crippen molar-refractivity contribution in [3.8, 4) is 0 Å². The molecule has 1 N–H and O–H groups in total. The van der Waals surface area contributed by atoms with E-state index in [1.165, 1.54) is 28.5 Å². The maximum absolute atomic E-state index is 3.06. The third kappa shape index (κ3) is 4.03. The fraction of sp³-hybridized carbons (Fsp3) is 0.350. The van der Waals surface area contributed by atoms with Gasteiger partial charge in [0.15, 0.2) is 0 Å². The van der Waals surface area contributed by atoms with E-state index in [0.29, 0.717) is 0 Å². The first-order chi connectivity index (χ1) is 10.0. The molecule has 0 amide bonds. The predicted octanol–water partition coefficient (Wildman–Crippen LogP) is -0.728. The van der Waals surface area contributed by atoms with Gasteiger partial charge >= 0.3 is 26.2 Å². The number of fused-ring (bicyclic) bond motifs is 2. The Kier molecular flexibility index (Phi) is 9.15. The Labute approximate surface area is 176 Å². The number of para-hydroxylation sites is 1. The molecule has 0 bridgehead atoms. The molecular weight excluding hydrogens is 416 g/mol. The number of H-pyrrole nitrogens is 1. The quantitative estimate of drug-likeness (QED) is 0.445. The van der Waals surface area contributed by atoms with Gasteiger partial charge in [-0.2, -0.15) is 33.2 Å². The van der Waals surface area contributed by atoms with Crippen LogP contribution in [0.1, 0.15) is 46.2 Å². The normalized spacial score (nSPS) is 14.1. The van der Waals surface area contributed by atoms with Gasteiger partial charge in [-0.25, -0.2) is 0 Å². The molecule has 126 valence electrons. The maximum atomic E-state index is 3.06. The molecule has 1 unspecified atom stereocenters. The average molecular weight is 440 g/mol. The molecule has 4 heteroatoms. The molecule has 0 radical (unpaired) electrons. The van der Waals surface area contributed by atoms with Crippen LogP contribution in [0.15, 0.2) is 24.3 Å². The van der Waals surface area contributed by atoms with Crippen molar-refractivity contribution in [1.82, 2.24) is 4.98 Å². The molecule has 1 aliphatic rings. The van der Waals surface area contributed by atoms with Crippen molar-refractivity contribution in [3.63, 3.8) is 0 Å². The molecule has 0 spiro atoms. The van der Waals surface area contributed by atoms with Crippen LogP contribution in [0.4, 0.5) is 0 Å². The molecule has 0 saturated carbocycles. The summed E-state index contributed by atoms with van der Waals surface area (Å²) >= 11 is 0. The Bertz CT molecular complexity index is 782. The number of hydrogen-bond acceptors (Lipinski definition) is 0. The number of halogens is 2. The molecule has 1 aliphatic carbocycles. The van der Waals surface area contributed by atoms with Gasteiger partial charge < -0.3 is 29.8 Å². The molecule has 24 heavy (non-hydrogen) atoms. The van der Waals surface area contributed by atoms with Crippen molar-refractivity contribution in [1.29, 1.82) is 0 Å². The topological polar surface area (TPSA) is 15.8 Å². The number of nitrogens with one attached hydrogen (secondary N) is 1. The fourth-order valence-corrected chi connectivity index (χ4v) is 3.49. The van der Waals surface area contributed by atoms with Crippen LogP contribution in [-0.4, -0.2) is 4.98 Å². The van der Waals surface area contributed by atoms with E-state index >= 15 is 0 Å². The van der Waals surface area contributed by atoms with E-state index in [2.05, 4.69) is 57.9 Å². The molecule has 0 fully saturated rings. The van der Waals surface area contributed by atoms with Crippen LogP contribution in [0.3, 0.4) is 0 Å². The van der Waals surface area contributed by atoms with Gasteiger partial charge in [0.1, 0.15) is 0 Å². The monoisotopic (exact) mass is 437 g/mol. The van der Waals surface area contributed by atoms with Crippen molar-refractivity contribution in [2.24, 2.45) is 0 Å². The summed E-state index contributed by atoms with van der Waals surface area (Å²) in [4.78, 5) is 3.06. The Morgan fingerprint density at radius 1 is 1.04 bits per heavy atom. The molecule has 0 saturated heterocycles. The first-order valence-electron chi connectivity index (χ1n) is 7.71. The zero-order valence-electron chi connectivity index (χ0n) is 14.8. The largest absolute Gasteiger partial charge is 4.00 e. The van der Waals surface area contributed by atoms with Crippen LogP contribution in [0.25, 0.3) is 10.9 Å². The van der Waals surface area contributed by atoms with Crippen LogP contribution in [0.2, 0.25) is 0 Å². The summed E-state index contributed by atoms with van der Waals surface area (Å²) in [5.74, 6) is 0.831. The third-order valence-corrected chi connectivity index (χ3v) is 5.03. The van der Waals surface area contributed by atoms with Gasteiger partial charge in [-0.15, -0.1) is 29.4 Å². The first-order valence-corrected chi connectivity index (χ1v) is 7.71. The molecule has 1 atom stereocenters. The van der Waals surface area contributed by atoms with E-state index in [9.17, 15) is 0 Å². The van der Waals surface area contributed by atoms with Gasteiger partial charge in [-0.3, -0.25) is 0 Å². The van der Waals surface area contributed by atoms with E-state index in [1.807, 2.05) is 12.1 Å². The van der Waals surface area contributed by atoms with Crippen molar-refractivity contribution < 1.29 is 51.0 Å². The van der Waals surface area contributed by atoms with Gasteiger partial charge in [-0.05, 0) is 0 Å². The molecule has 4 rings (SSSR count). The Morgan fingerprint density at radius 3 is 2.17 bits per heavy atom. The molecule has 0 aliphatic heterocycles. The summed E-state index contributed by atoms with van der Waals surface area (Å²) in [6.07, 6.45) is 4.37. The number of aromatic nitrogens is 1. The van der Waals surface area contributed by atoms with E-state index in [4.69, 9.17) is 0 Å². The van der Waals surface area contributed by atoms with E-state index in [0.717, 1.165) is 5.92 Å². The third-order valence-electron chi connectivity index (χ3n) is 5.03. The number of aryl methyl sites for hydroxylation is 1. The Hall–Kier alpha value is -0.427. The summed E-state index contributed by atoms with van der Waals surface area (Å²) in [6.45, 7) is 11.1. The van der Waals surface area contributed by atoms with Gasteiger partial charge in [0.2, 0.25) is 0 Å². The average Bonchev–Trinajstić information content (AvgIpc) is 2.92. The van der Waals surface area contributed by atoms with Crippen LogP contribution in [0.5, 0.6) is 0 Å². The number of benzene rings is 1. The molecule has 1 heterocycles. The molecule has 2 aromatic carbocycles. The zero-order valence-corrected chi connectivity index (χ0v) is 18.8. The second-order valence-electron chi connectivity index (χ2n) is 6.29. The Morgan fingerprint density at radius 2 is 1.67 bits per heavy atom. The maximum Gasteiger partial charge on any atom is 4.00 e. The minimum absolute atomic E-state index is 0. The van der Waals surface area contributed by atoms with Crippen LogP contribution < -0.4 is 24.8 Å². The summed E-state index contributed by atoms with van der Waals surface area (Å²) in [6, 6.07) is 8.21. The summed E-state index contributed by atoms with van der Waals surface area (Å²) in [5.41, 5.74) is 10.3. The van der Waals surface area contributed by atoms with Gasteiger partial charge in [0.05, 0.1) is 0 Å². The zero-order chi connectivity index (χ0) is 15.1. The summed E-state index contributed by atoms with van der Waals surface area (Å²) in [7, 11) is 0. The van der Waals surface area contributed by atoms with Crippen LogP contribution in [0, 0.1) is 33.9 Å². The fourth-order valence-electron chi connectivity index (χ4n) is 3.49. The van der Waals surface area contributed by atoms with E-state index in [-0.39, 0.29) is 51.0 Å². The number of aromatic amines is 1. The van der Waals surface area contributed by atoms with Gasteiger partial charge in [0, 0.05) is 0 Å².